The number of hydrogen-bond acceptors (Lipinski definition) is 5. The molecule has 1 aliphatic heterocycles. The summed E-state index contributed by atoms with van der Waals surface area (Å²) < 4.78 is 6.93. The van der Waals surface area contributed by atoms with E-state index in [0.717, 1.165) is 38.0 Å². The van der Waals surface area contributed by atoms with E-state index in [9.17, 15) is 9.59 Å². The lowest BCUT2D eigenvalue weighted by atomic mass is 10.2. The second-order valence-corrected chi connectivity index (χ2v) is 7.61. The molecule has 0 saturated carbocycles. The molecule has 1 aliphatic rings. The lowest BCUT2D eigenvalue weighted by Crippen LogP contribution is -2.17. The van der Waals surface area contributed by atoms with Gasteiger partial charge in [-0.1, -0.05) is 30.3 Å². The van der Waals surface area contributed by atoms with Crippen molar-refractivity contribution in [3.63, 3.8) is 0 Å². The third-order valence-corrected chi connectivity index (χ3v) is 5.53. The molecule has 3 aromatic rings. The van der Waals surface area contributed by atoms with Crippen LogP contribution in [-0.4, -0.2) is 11.1 Å². The van der Waals surface area contributed by atoms with E-state index in [1.165, 1.54) is 0 Å². The zero-order valence-corrected chi connectivity index (χ0v) is 14.7. The summed E-state index contributed by atoms with van der Waals surface area (Å²) in [7, 11) is 0. The van der Waals surface area contributed by atoms with E-state index in [4.69, 9.17) is 4.74 Å². The first-order valence-corrected chi connectivity index (χ1v) is 9.26. The van der Waals surface area contributed by atoms with Gasteiger partial charge in [0.05, 0.1) is 4.91 Å². The molecule has 6 heteroatoms. The maximum Gasteiger partial charge on any atom is 0.290 e. The average Bonchev–Trinajstić information content (AvgIpc) is 3.15. The molecule has 4 nitrogen and oxygen atoms in total. The Hall–Kier alpha value is -2.57. The smallest absolute Gasteiger partial charge is 0.290 e. The van der Waals surface area contributed by atoms with Gasteiger partial charge in [-0.3, -0.25) is 14.9 Å². The van der Waals surface area contributed by atoms with Crippen LogP contribution in [-0.2, 0) is 11.4 Å². The second-order valence-electron chi connectivity index (χ2n) is 5.47. The minimum atomic E-state index is -0.334. The van der Waals surface area contributed by atoms with Crippen molar-refractivity contribution >= 4 is 50.4 Å². The molecule has 0 spiro atoms. The van der Waals surface area contributed by atoms with Gasteiger partial charge in [-0.2, -0.15) is 0 Å². The average molecular weight is 367 g/mol. The van der Waals surface area contributed by atoms with Gasteiger partial charge in [0.1, 0.15) is 12.4 Å². The van der Waals surface area contributed by atoms with Crippen LogP contribution in [0.2, 0.25) is 0 Å². The fraction of sp³-hybridized carbons (Fsp3) is 0.0526. The van der Waals surface area contributed by atoms with E-state index >= 15 is 0 Å². The van der Waals surface area contributed by atoms with Crippen LogP contribution in [0.3, 0.4) is 0 Å². The first-order chi connectivity index (χ1) is 12.2. The van der Waals surface area contributed by atoms with Crippen LogP contribution < -0.4 is 10.1 Å². The normalized spacial score (nSPS) is 15.8. The van der Waals surface area contributed by atoms with Crippen molar-refractivity contribution in [2.45, 2.75) is 6.61 Å². The van der Waals surface area contributed by atoms with Gasteiger partial charge in [0, 0.05) is 9.58 Å². The van der Waals surface area contributed by atoms with Crippen LogP contribution in [0.4, 0.5) is 4.79 Å². The van der Waals surface area contributed by atoms with Gasteiger partial charge in [0.2, 0.25) is 0 Å². The topological polar surface area (TPSA) is 55.4 Å². The van der Waals surface area contributed by atoms with Crippen molar-refractivity contribution in [1.82, 2.24) is 5.32 Å². The molecular formula is C19H13NO3S2. The highest BCUT2D eigenvalue weighted by molar-refractivity contribution is 8.18. The first kappa shape index (κ1) is 15.9. The van der Waals surface area contributed by atoms with Gasteiger partial charge in [-0.25, -0.2) is 0 Å². The molecule has 0 radical (unpaired) electrons. The molecule has 0 bridgehead atoms. The molecule has 2 aromatic carbocycles. The summed E-state index contributed by atoms with van der Waals surface area (Å²) in [6.45, 7) is 0.521. The third-order valence-electron chi connectivity index (χ3n) is 3.67. The Morgan fingerprint density at radius 2 is 1.88 bits per heavy atom. The predicted molar refractivity (Wildman–Crippen MR) is 102 cm³/mol. The summed E-state index contributed by atoms with van der Waals surface area (Å²) in [5, 5.41) is 3.02. The predicted octanol–water partition coefficient (Wildman–Crippen LogP) is 4.80. The molecule has 25 heavy (non-hydrogen) atoms. The van der Waals surface area contributed by atoms with Gasteiger partial charge in [0.25, 0.3) is 11.1 Å². The number of fused-ring (bicyclic) bond motifs is 1. The number of carbonyl (C=O) groups is 2. The minimum Gasteiger partial charge on any atom is -0.489 e. The summed E-state index contributed by atoms with van der Waals surface area (Å²) >= 11 is 2.49. The Balaban J connectivity index is 1.54. The molecule has 2 amide bonds. The molecule has 124 valence electrons. The number of rotatable bonds is 4. The van der Waals surface area contributed by atoms with Crippen molar-refractivity contribution in [2.24, 2.45) is 0 Å². The number of imide groups is 1. The molecule has 1 saturated heterocycles. The Morgan fingerprint density at radius 3 is 2.64 bits per heavy atom. The third kappa shape index (κ3) is 3.60. The maximum atomic E-state index is 11.6. The van der Waals surface area contributed by atoms with Crippen molar-refractivity contribution in [3.8, 4) is 5.75 Å². The molecule has 4 rings (SSSR count). The fourth-order valence-electron chi connectivity index (χ4n) is 2.48. The number of thioether (sulfide) groups is 1. The van der Waals surface area contributed by atoms with Crippen molar-refractivity contribution in [3.05, 3.63) is 69.9 Å². The van der Waals surface area contributed by atoms with Crippen LogP contribution in [0.15, 0.2) is 59.5 Å². The number of benzene rings is 2. The van der Waals surface area contributed by atoms with Gasteiger partial charge in [-0.05, 0) is 53.1 Å². The van der Waals surface area contributed by atoms with E-state index in [-0.39, 0.29) is 11.1 Å². The highest BCUT2D eigenvalue weighted by Gasteiger charge is 2.25. The van der Waals surface area contributed by atoms with Crippen LogP contribution in [0.1, 0.15) is 10.4 Å². The summed E-state index contributed by atoms with van der Waals surface area (Å²) in [6, 6.07) is 18.0. The minimum absolute atomic E-state index is 0.325. The number of ether oxygens (including phenoxy) is 1. The zero-order chi connectivity index (χ0) is 17.2. The van der Waals surface area contributed by atoms with Crippen LogP contribution >= 0.6 is 23.1 Å². The molecule has 0 atom stereocenters. The van der Waals surface area contributed by atoms with Gasteiger partial charge in [0.15, 0.2) is 0 Å². The van der Waals surface area contributed by atoms with E-state index in [2.05, 4.69) is 5.32 Å². The van der Waals surface area contributed by atoms with E-state index in [1.54, 1.807) is 17.4 Å². The number of amides is 2. The highest BCUT2D eigenvalue weighted by Crippen LogP contribution is 2.33. The van der Waals surface area contributed by atoms with Gasteiger partial charge in [-0.15, -0.1) is 11.3 Å². The SMILES string of the molecule is O=C1NC(=O)C(=Cc2cc3ccc(OCc4ccccc4)cc3s2)S1. The van der Waals surface area contributed by atoms with E-state index < -0.39 is 0 Å². The standard InChI is InChI=1S/C19H13NO3S2/c21-18-17(25-19(22)20-18)10-15-8-13-6-7-14(9-16(13)24-15)23-11-12-4-2-1-3-5-12/h1-10H,11H2,(H,20,21,22). The van der Waals surface area contributed by atoms with Gasteiger partial charge < -0.3 is 4.74 Å². The molecule has 0 aliphatic carbocycles. The van der Waals surface area contributed by atoms with Crippen molar-refractivity contribution in [2.75, 3.05) is 0 Å². The molecule has 1 aromatic heterocycles. The fourth-order valence-corrected chi connectivity index (χ4v) is 4.27. The van der Waals surface area contributed by atoms with Crippen LogP contribution in [0, 0.1) is 0 Å². The van der Waals surface area contributed by atoms with E-state index in [0.29, 0.717) is 11.5 Å². The summed E-state index contributed by atoms with van der Waals surface area (Å²) in [5.74, 6) is 0.472. The Labute approximate surface area is 152 Å². The summed E-state index contributed by atoms with van der Waals surface area (Å²) in [5.41, 5.74) is 1.12. The van der Waals surface area contributed by atoms with Crippen LogP contribution in [0.25, 0.3) is 16.2 Å². The number of carbonyl (C=O) groups excluding carboxylic acids is 2. The van der Waals surface area contributed by atoms with Gasteiger partial charge >= 0.3 is 0 Å². The molecular weight excluding hydrogens is 354 g/mol. The maximum absolute atomic E-state index is 11.6. The number of nitrogens with one attached hydrogen (secondary N) is 1. The summed E-state index contributed by atoms with van der Waals surface area (Å²) in [6.07, 6.45) is 1.75. The lowest BCUT2D eigenvalue weighted by molar-refractivity contribution is -0.115. The molecule has 1 N–H and O–H groups in total. The highest BCUT2D eigenvalue weighted by atomic mass is 32.2. The number of hydrogen-bond donors (Lipinski definition) is 1. The molecule has 0 unspecified atom stereocenters. The monoisotopic (exact) mass is 367 g/mol. The zero-order valence-electron chi connectivity index (χ0n) is 13.0. The van der Waals surface area contributed by atoms with E-state index in [1.807, 2.05) is 54.6 Å². The second kappa shape index (κ2) is 6.74. The Bertz CT molecular complexity index is 992. The van der Waals surface area contributed by atoms with Crippen molar-refractivity contribution in [1.29, 1.82) is 0 Å². The first-order valence-electron chi connectivity index (χ1n) is 7.62. The summed E-state index contributed by atoms with van der Waals surface area (Å²) in [4.78, 5) is 24.2. The largest absolute Gasteiger partial charge is 0.489 e. The molecule has 1 fully saturated rings. The van der Waals surface area contributed by atoms with Crippen LogP contribution in [0.5, 0.6) is 5.75 Å². The molecule has 2 heterocycles. The Kier molecular flexibility index (Phi) is 4.29. The quantitative estimate of drug-likeness (QED) is 0.673. The van der Waals surface area contributed by atoms with Crippen molar-refractivity contribution < 1.29 is 14.3 Å². The Morgan fingerprint density at radius 1 is 1.04 bits per heavy atom. The lowest BCUT2D eigenvalue weighted by Gasteiger charge is -2.06. The number of thiophene rings is 1.